The largest absolute Gasteiger partial charge is 0.494 e. The predicted molar refractivity (Wildman–Crippen MR) is 201 cm³/mol. The maximum absolute atomic E-state index is 15.3. The molecule has 9 nitrogen and oxygen atoms in total. The van der Waals surface area contributed by atoms with Gasteiger partial charge in [0.25, 0.3) is 5.91 Å². The van der Waals surface area contributed by atoms with Gasteiger partial charge in [0.2, 0.25) is 11.8 Å². The lowest BCUT2D eigenvalue weighted by Gasteiger charge is -2.41. The Hall–Kier alpha value is -4.47. The number of benzene rings is 3. The molecule has 3 aliphatic heterocycles. The van der Waals surface area contributed by atoms with Crippen LogP contribution in [0.15, 0.2) is 92.0 Å². The first kappa shape index (κ1) is 36.3. The molecule has 3 aromatic carbocycles. The number of nitrogens with zero attached hydrogens (tertiary/aromatic N) is 3. The maximum atomic E-state index is 15.3. The van der Waals surface area contributed by atoms with Crippen molar-refractivity contribution in [1.29, 1.82) is 0 Å². The highest BCUT2D eigenvalue weighted by Crippen LogP contribution is 2.65. The second-order valence-corrected chi connectivity index (χ2v) is 14.1. The van der Waals surface area contributed by atoms with Crippen LogP contribution in [0.5, 0.6) is 5.75 Å². The minimum absolute atomic E-state index is 0.120. The monoisotopic (exact) mass is 693 g/mol. The lowest BCUT2D eigenvalue weighted by molar-refractivity contribution is -0.150. The normalized spacial score (nSPS) is 26.1. The Morgan fingerprint density at radius 3 is 2.22 bits per heavy atom. The van der Waals surface area contributed by atoms with Crippen molar-refractivity contribution in [2.24, 2.45) is 17.8 Å². The first-order chi connectivity index (χ1) is 24.6. The molecule has 3 fully saturated rings. The second kappa shape index (κ2) is 14.6. The minimum atomic E-state index is -1.26. The fraction of sp³-hybridized carbons (Fsp3) is 0.452. The molecule has 2 unspecified atom stereocenters. The highest BCUT2D eigenvalue weighted by Gasteiger charge is 2.79. The van der Waals surface area contributed by atoms with E-state index in [0.29, 0.717) is 49.4 Å². The van der Waals surface area contributed by atoms with Crippen LogP contribution in [0.25, 0.3) is 10.8 Å². The van der Waals surface area contributed by atoms with Crippen LogP contribution in [0.4, 0.5) is 11.4 Å². The molecule has 0 aliphatic carbocycles. The molecule has 7 atom stereocenters. The fourth-order valence-corrected chi connectivity index (χ4v) is 8.93. The third kappa shape index (κ3) is 5.94. The molecule has 0 saturated carbocycles. The summed E-state index contributed by atoms with van der Waals surface area (Å²) in [5.74, 6) is -2.05. The number of carbonyl (C=O) groups excluding carboxylic acids is 3. The second-order valence-electron chi connectivity index (χ2n) is 14.1. The van der Waals surface area contributed by atoms with Gasteiger partial charge in [0.05, 0.1) is 36.7 Å². The van der Waals surface area contributed by atoms with Crippen molar-refractivity contribution in [3.05, 3.63) is 92.0 Å². The molecule has 0 radical (unpaired) electrons. The summed E-state index contributed by atoms with van der Waals surface area (Å²) in [5, 5.41) is 12.9. The average Bonchev–Trinajstić information content (AvgIpc) is 3.76. The van der Waals surface area contributed by atoms with E-state index in [1.54, 1.807) is 26.9 Å². The molecule has 270 valence electrons. The zero-order valence-corrected chi connectivity index (χ0v) is 30.3. The number of aliphatic hydroxyl groups excluding tert-OH is 1. The van der Waals surface area contributed by atoms with Crippen LogP contribution in [0.1, 0.15) is 53.4 Å². The molecule has 3 amide bonds. The third-order valence-corrected chi connectivity index (χ3v) is 11.6. The van der Waals surface area contributed by atoms with E-state index < -0.39 is 35.1 Å². The van der Waals surface area contributed by atoms with Gasteiger partial charge >= 0.3 is 0 Å². The van der Waals surface area contributed by atoms with E-state index in [9.17, 15) is 5.11 Å². The number of aliphatic hydroxyl groups is 1. The van der Waals surface area contributed by atoms with Crippen LogP contribution in [0, 0.1) is 17.8 Å². The van der Waals surface area contributed by atoms with Gasteiger partial charge in [0.1, 0.15) is 17.4 Å². The summed E-state index contributed by atoms with van der Waals surface area (Å²) < 4.78 is 12.8. The Labute approximate surface area is 301 Å². The summed E-state index contributed by atoms with van der Waals surface area (Å²) >= 11 is 0. The Morgan fingerprint density at radius 2 is 1.61 bits per heavy atom. The summed E-state index contributed by atoms with van der Waals surface area (Å²) in [6.45, 7) is 16.4. The van der Waals surface area contributed by atoms with Gasteiger partial charge in [0.15, 0.2) is 0 Å². The van der Waals surface area contributed by atoms with Crippen LogP contribution in [0.2, 0.25) is 0 Å². The van der Waals surface area contributed by atoms with Crippen molar-refractivity contribution in [1.82, 2.24) is 4.90 Å². The van der Waals surface area contributed by atoms with E-state index in [2.05, 4.69) is 13.2 Å². The van der Waals surface area contributed by atoms with Crippen LogP contribution in [-0.2, 0) is 19.1 Å². The Kier molecular flexibility index (Phi) is 10.4. The molecule has 9 heteroatoms. The first-order valence-corrected chi connectivity index (χ1v) is 18.3. The van der Waals surface area contributed by atoms with Gasteiger partial charge in [-0.2, -0.15) is 0 Å². The molecule has 3 aromatic rings. The Bertz CT molecular complexity index is 1790. The fourth-order valence-electron chi connectivity index (χ4n) is 8.93. The van der Waals surface area contributed by atoms with Crippen molar-refractivity contribution in [3.63, 3.8) is 0 Å². The van der Waals surface area contributed by atoms with Gasteiger partial charge in [-0.1, -0.05) is 69.7 Å². The summed E-state index contributed by atoms with van der Waals surface area (Å²) in [5.41, 5.74) is -0.875. The number of carbonyl (C=O) groups is 3. The first-order valence-electron chi connectivity index (χ1n) is 18.3. The topological polar surface area (TPSA) is 99.6 Å². The number of anilines is 2. The molecule has 0 aromatic heterocycles. The minimum Gasteiger partial charge on any atom is -0.494 e. The van der Waals surface area contributed by atoms with E-state index in [1.165, 1.54) is 0 Å². The summed E-state index contributed by atoms with van der Waals surface area (Å²) in [6, 6.07) is 19.4. The van der Waals surface area contributed by atoms with Crippen LogP contribution in [0.3, 0.4) is 0 Å². The molecule has 3 aliphatic rings. The van der Waals surface area contributed by atoms with Crippen LogP contribution in [-0.4, -0.2) is 77.3 Å². The van der Waals surface area contributed by atoms with Crippen molar-refractivity contribution in [2.45, 2.75) is 76.7 Å². The number of hydrogen-bond acceptors (Lipinski definition) is 6. The molecule has 1 spiro atoms. The highest BCUT2D eigenvalue weighted by molar-refractivity contribution is 6.07. The quantitative estimate of drug-likeness (QED) is 0.182. The number of likely N-dealkylation sites (tertiary alicyclic amines) is 1. The Morgan fingerprint density at radius 1 is 0.961 bits per heavy atom. The lowest BCUT2D eigenvalue weighted by Crippen LogP contribution is -2.60. The average molecular weight is 694 g/mol. The molecule has 6 rings (SSSR count). The van der Waals surface area contributed by atoms with E-state index in [-0.39, 0.29) is 43.3 Å². The predicted octanol–water partition coefficient (Wildman–Crippen LogP) is 6.54. The van der Waals surface area contributed by atoms with Crippen molar-refractivity contribution in [2.75, 3.05) is 36.1 Å². The molecular weight excluding hydrogens is 642 g/mol. The third-order valence-electron chi connectivity index (χ3n) is 11.6. The van der Waals surface area contributed by atoms with Gasteiger partial charge in [-0.3, -0.25) is 14.4 Å². The molecule has 1 N–H and O–H groups in total. The zero-order valence-electron chi connectivity index (χ0n) is 30.3. The van der Waals surface area contributed by atoms with Gasteiger partial charge in [-0.25, -0.2) is 0 Å². The van der Waals surface area contributed by atoms with Crippen LogP contribution >= 0.6 is 0 Å². The number of rotatable bonds is 15. The number of amides is 3. The summed E-state index contributed by atoms with van der Waals surface area (Å²) in [4.78, 5) is 50.4. The highest BCUT2D eigenvalue weighted by atomic mass is 16.5. The van der Waals surface area contributed by atoms with Gasteiger partial charge < -0.3 is 29.3 Å². The van der Waals surface area contributed by atoms with E-state index >= 15 is 14.4 Å². The van der Waals surface area contributed by atoms with Crippen molar-refractivity contribution >= 4 is 39.9 Å². The molecular formula is C42H51N3O6. The van der Waals surface area contributed by atoms with Gasteiger partial charge in [-0.15, -0.1) is 13.2 Å². The molecule has 3 heterocycles. The van der Waals surface area contributed by atoms with E-state index in [4.69, 9.17) is 9.47 Å². The molecule has 3 saturated heterocycles. The standard InChI is InChI=1S/C42H51N3O6/c1-7-24-43(31-18-20-33(21-19-31)50-11-5)38(47)35-36-39(48)45(34(27-46)28(6)9-3)37(42(36)23-22-41(35,10-4)51-42)40(49)44(25-8-2)32-17-16-29-14-12-13-15-30(29)26-32/h7-8,12-21,26,28,34-37,46H,1-2,9-11,22-25,27H2,3-6H3/t28-,34-,35-,36-,37?,41+,42?/m0/s1. The van der Waals surface area contributed by atoms with Gasteiger partial charge in [0, 0.05) is 24.5 Å². The zero-order chi connectivity index (χ0) is 36.5. The van der Waals surface area contributed by atoms with E-state index in [0.717, 1.165) is 10.8 Å². The maximum Gasteiger partial charge on any atom is 0.253 e. The smallest absolute Gasteiger partial charge is 0.253 e. The number of hydrogen-bond donors (Lipinski definition) is 1. The Balaban J connectivity index is 1.48. The number of ether oxygens (including phenoxy) is 2. The van der Waals surface area contributed by atoms with Crippen LogP contribution < -0.4 is 14.5 Å². The molecule has 2 bridgehead atoms. The SMILES string of the molecule is C=CCN(C(=O)C1N([C@@H](CO)[C@@H](C)CC)C(=O)[C@@H]2[C@@H](C(=O)N(CC=C)c3ccc(OCC)cc3)[C@@]3(CC)CCC12O3)c1ccc2ccccc2c1. The molecule has 51 heavy (non-hydrogen) atoms. The summed E-state index contributed by atoms with van der Waals surface area (Å²) in [6.07, 6.45) is 5.50. The summed E-state index contributed by atoms with van der Waals surface area (Å²) in [7, 11) is 0. The number of fused-ring (bicyclic) bond motifs is 2. The lowest BCUT2D eigenvalue weighted by atomic mass is 9.64. The van der Waals surface area contributed by atoms with E-state index in [1.807, 2.05) is 94.4 Å². The van der Waals surface area contributed by atoms with Gasteiger partial charge in [-0.05, 0) is 79.3 Å². The van der Waals surface area contributed by atoms with Crippen molar-refractivity contribution in [3.8, 4) is 5.75 Å². The van der Waals surface area contributed by atoms with Crippen molar-refractivity contribution < 1.29 is 29.0 Å².